The fraction of sp³-hybridized carbons (Fsp3) is 0.346. The molecule has 4 heterocycles. The number of fused-ring (bicyclic) bond motifs is 1. The monoisotopic (exact) mass is 618 g/mol. The molecule has 8 nitrogen and oxygen atoms in total. The number of hydrogen-bond acceptors (Lipinski definition) is 9. The number of halogens is 2. The molecule has 198 valence electrons. The first-order valence-corrected chi connectivity index (χ1v) is 14.5. The molecule has 4 aromatic rings. The molecule has 0 bridgehead atoms. The smallest absolute Gasteiger partial charge is 0.184 e. The van der Waals surface area contributed by atoms with Gasteiger partial charge in [-0.15, -0.1) is 16.4 Å². The minimum Gasteiger partial charge on any atom is -0.375 e. The molecular formula is C26H24BrFN4O4S2. The molecule has 2 saturated heterocycles. The molecule has 0 saturated carbocycles. The number of benzene rings is 2. The van der Waals surface area contributed by atoms with Gasteiger partial charge < -0.3 is 18.9 Å². The molecule has 0 N–H and O–H groups in total. The summed E-state index contributed by atoms with van der Waals surface area (Å²) >= 11 is 6.20. The molecule has 0 radical (unpaired) electrons. The topological polar surface area (TPSA) is 80.5 Å². The summed E-state index contributed by atoms with van der Waals surface area (Å²) in [4.78, 5) is 4.99. The van der Waals surface area contributed by atoms with E-state index in [1.165, 1.54) is 29.2 Å². The zero-order chi connectivity index (χ0) is 26.2. The van der Waals surface area contributed by atoms with E-state index in [2.05, 4.69) is 31.2 Å². The first kappa shape index (κ1) is 26.1. The third kappa shape index (κ3) is 5.18. The third-order valence-electron chi connectivity index (χ3n) is 6.44. The van der Waals surface area contributed by atoms with Gasteiger partial charge in [-0.2, -0.15) is 0 Å². The summed E-state index contributed by atoms with van der Waals surface area (Å²) in [5.41, 5.74) is 1.93. The summed E-state index contributed by atoms with van der Waals surface area (Å²) in [6.45, 7) is 2.24. The number of nitrogens with zero attached hydrogens (tertiary/aromatic N) is 4. The molecule has 6 rings (SSSR count). The van der Waals surface area contributed by atoms with Gasteiger partial charge in [-0.25, -0.2) is 14.1 Å². The molecule has 6 atom stereocenters. The maximum atomic E-state index is 14.7. The Morgan fingerprint density at radius 1 is 1.18 bits per heavy atom. The highest BCUT2D eigenvalue weighted by atomic mass is 79.9. The average molecular weight is 620 g/mol. The maximum absolute atomic E-state index is 14.7. The van der Waals surface area contributed by atoms with Crippen LogP contribution in [0, 0.1) is 12.7 Å². The third-order valence-corrected chi connectivity index (χ3v) is 9.10. The largest absolute Gasteiger partial charge is 0.375 e. The van der Waals surface area contributed by atoms with Gasteiger partial charge in [0.25, 0.3) is 0 Å². The molecule has 2 aromatic heterocycles. The van der Waals surface area contributed by atoms with Crippen LogP contribution in [-0.2, 0) is 18.9 Å². The number of thiazole rings is 1. The number of hydrogen-bond donors (Lipinski definition) is 0. The molecule has 0 aliphatic carbocycles. The Kier molecular flexibility index (Phi) is 7.63. The van der Waals surface area contributed by atoms with Crippen LogP contribution in [0.25, 0.3) is 10.7 Å². The second-order valence-corrected chi connectivity index (χ2v) is 11.9. The summed E-state index contributed by atoms with van der Waals surface area (Å²) in [5, 5.41) is 11.6. The van der Waals surface area contributed by atoms with Crippen molar-refractivity contribution in [2.45, 2.75) is 47.9 Å². The van der Waals surface area contributed by atoms with E-state index in [1.807, 2.05) is 48.8 Å². The van der Waals surface area contributed by atoms with Crippen molar-refractivity contribution in [3.8, 4) is 10.7 Å². The molecule has 2 aliphatic rings. The van der Waals surface area contributed by atoms with E-state index in [0.717, 1.165) is 20.7 Å². The lowest BCUT2D eigenvalue weighted by Crippen LogP contribution is -2.59. The van der Waals surface area contributed by atoms with Crippen molar-refractivity contribution in [3.05, 3.63) is 81.7 Å². The zero-order valence-corrected chi connectivity index (χ0v) is 23.7. The molecule has 0 amide bonds. The van der Waals surface area contributed by atoms with E-state index in [4.69, 9.17) is 18.9 Å². The predicted molar refractivity (Wildman–Crippen MR) is 144 cm³/mol. The van der Waals surface area contributed by atoms with Gasteiger partial charge in [0, 0.05) is 33.1 Å². The fourth-order valence-electron chi connectivity index (χ4n) is 4.68. The van der Waals surface area contributed by atoms with Crippen LogP contribution in [-0.4, -0.2) is 57.4 Å². The summed E-state index contributed by atoms with van der Waals surface area (Å²) in [6, 6.07) is 14.2. The molecule has 12 heteroatoms. The van der Waals surface area contributed by atoms with E-state index in [-0.39, 0.29) is 5.82 Å². The molecule has 0 spiro atoms. The normalized spacial score (nSPS) is 27.3. The van der Waals surface area contributed by atoms with Gasteiger partial charge in [0.1, 0.15) is 46.3 Å². The fourth-order valence-corrected chi connectivity index (χ4v) is 7.17. The van der Waals surface area contributed by atoms with Crippen LogP contribution < -0.4 is 0 Å². The molecular weight excluding hydrogens is 595 g/mol. The van der Waals surface area contributed by atoms with Crippen molar-refractivity contribution in [3.63, 3.8) is 0 Å². The highest BCUT2D eigenvalue weighted by molar-refractivity contribution is 9.10. The van der Waals surface area contributed by atoms with Crippen molar-refractivity contribution in [1.29, 1.82) is 0 Å². The zero-order valence-electron chi connectivity index (χ0n) is 20.4. The van der Waals surface area contributed by atoms with E-state index in [9.17, 15) is 4.39 Å². The van der Waals surface area contributed by atoms with Crippen LogP contribution in [0.3, 0.4) is 0 Å². The Labute approximate surface area is 235 Å². The van der Waals surface area contributed by atoms with E-state index < -0.39 is 36.1 Å². The Morgan fingerprint density at radius 3 is 2.79 bits per heavy atom. The summed E-state index contributed by atoms with van der Waals surface area (Å²) in [6.07, 6.45) is -0.154. The van der Waals surface area contributed by atoms with Crippen LogP contribution in [0.5, 0.6) is 0 Å². The van der Waals surface area contributed by atoms with Crippen LogP contribution in [0.1, 0.15) is 23.6 Å². The summed E-state index contributed by atoms with van der Waals surface area (Å²) in [7, 11) is 1.61. The van der Waals surface area contributed by atoms with Crippen LogP contribution in [0.2, 0.25) is 0 Å². The van der Waals surface area contributed by atoms with Crippen LogP contribution in [0.4, 0.5) is 4.39 Å². The highest BCUT2D eigenvalue weighted by Crippen LogP contribution is 2.45. The number of aryl methyl sites for hydroxylation is 1. The van der Waals surface area contributed by atoms with Gasteiger partial charge in [-0.05, 0) is 25.1 Å². The SMILES string of the molecule is COC1[C@@H](Sc2cc(Br)ccc2F)OC2COC(c3ccccc3)O[C@@H]2[C@@H]1n1cc(-c2nc(C)cs2)nn1. The van der Waals surface area contributed by atoms with Gasteiger partial charge in [-0.1, -0.05) is 63.2 Å². The van der Waals surface area contributed by atoms with E-state index in [0.29, 0.717) is 17.2 Å². The minimum atomic E-state index is -0.572. The lowest BCUT2D eigenvalue weighted by molar-refractivity contribution is -0.308. The van der Waals surface area contributed by atoms with Crippen molar-refractivity contribution < 1.29 is 23.3 Å². The summed E-state index contributed by atoms with van der Waals surface area (Å²) in [5.74, 6) is -0.335. The van der Waals surface area contributed by atoms with Crippen molar-refractivity contribution in [2.75, 3.05) is 13.7 Å². The van der Waals surface area contributed by atoms with Gasteiger partial charge in [0.15, 0.2) is 6.29 Å². The Bertz CT molecular complexity index is 1410. The quantitative estimate of drug-likeness (QED) is 0.268. The van der Waals surface area contributed by atoms with E-state index in [1.54, 1.807) is 23.9 Å². The number of methoxy groups -OCH3 is 1. The molecule has 2 aromatic carbocycles. The van der Waals surface area contributed by atoms with Crippen LogP contribution >= 0.6 is 39.0 Å². The molecule has 2 aliphatic heterocycles. The molecule has 38 heavy (non-hydrogen) atoms. The molecule has 2 fully saturated rings. The predicted octanol–water partition coefficient (Wildman–Crippen LogP) is 5.80. The maximum Gasteiger partial charge on any atom is 0.184 e. The Hall–Kier alpha value is -2.19. The van der Waals surface area contributed by atoms with Gasteiger partial charge in [0.2, 0.25) is 0 Å². The van der Waals surface area contributed by atoms with Crippen molar-refractivity contribution >= 4 is 39.0 Å². The second-order valence-electron chi connectivity index (χ2n) is 8.98. The van der Waals surface area contributed by atoms with Crippen LogP contribution in [0.15, 0.2) is 69.5 Å². The Balaban J connectivity index is 1.36. The van der Waals surface area contributed by atoms with E-state index >= 15 is 0 Å². The van der Waals surface area contributed by atoms with Gasteiger partial charge >= 0.3 is 0 Å². The number of thioether (sulfide) groups is 1. The minimum absolute atomic E-state index is 0.294. The highest BCUT2D eigenvalue weighted by Gasteiger charge is 2.52. The lowest BCUT2D eigenvalue weighted by atomic mass is 9.96. The molecule has 3 unspecified atom stereocenters. The lowest BCUT2D eigenvalue weighted by Gasteiger charge is -2.48. The summed E-state index contributed by atoms with van der Waals surface area (Å²) < 4.78 is 42.3. The van der Waals surface area contributed by atoms with Gasteiger partial charge in [0.05, 0.1) is 12.8 Å². The van der Waals surface area contributed by atoms with Gasteiger partial charge in [-0.3, -0.25) is 0 Å². The number of rotatable bonds is 6. The first-order chi connectivity index (χ1) is 18.5. The standard InChI is InChI=1S/C26H24BrFN4O4S2/c1-14-13-37-24(29-14)18-11-32(31-30-18)21-22-19(12-34-25(36-22)15-6-4-3-5-7-15)35-26(23(21)33-2)38-20-10-16(27)8-9-17(20)28/h3-11,13,19,21-23,25-26H,12H2,1-2H3/t19?,21-,22-,23?,25?,26+/m0/s1. The Morgan fingerprint density at radius 2 is 2.03 bits per heavy atom. The number of aromatic nitrogens is 4. The second kappa shape index (κ2) is 11.1. The van der Waals surface area contributed by atoms with Crippen molar-refractivity contribution in [2.24, 2.45) is 0 Å². The first-order valence-electron chi connectivity index (χ1n) is 12.0. The number of ether oxygens (including phenoxy) is 4. The average Bonchev–Trinajstić information content (AvgIpc) is 3.59. The van der Waals surface area contributed by atoms with Crippen molar-refractivity contribution in [1.82, 2.24) is 20.0 Å².